The summed E-state index contributed by atoms with van der Waals surface area (Å²) in [5, 5.41) is 20.8. The number of phenols is 2. The molecule has 1 saturated heterocycles. The zero-order valence-electron chi connectivity index (χ0n) is 22.2. The van der Waals surface area contributed by atoms with E-state index in [1.807, 2.05) is 24.3 Å². The summed E-state index contributed by atoms with van der Waals surface area (Å²) in [4.78, 5) is 2.26. The highest BCUT2D eigenvalue weighted by Crippen LogP contribution is 2.56. The maximum Gasteiger partial charge on any atom is 0.176 e. The maximum absolute atomic E-state index is 15.4. The molecule has 2 aliphatic heterocycles. The van der Waals surface area contributed by atoms with Crippen molar-refractivity contribution < 1.29 is 28.5 Å². The number of alkyl halides is 1. The number of aromatic hydroxyl groups is 2. The Labute approximate surface area is 237 Å². The van der Waals surface area contributed by atoms with Crippen molar-refractivity contribution in [1.29, 1.82) is 0 Å². The second kappa shape index (κ2) is 10.9. The minimum Gasteiger partial charge on any atom is -0.506 e. The molecule has 2 heterocycles. The zero-order valence-corrected chi connectivity index (χ0v) is 23.0. The zero-order chi connectivity index (χ0) is 28.0. The van der Waals surface area contributed by atoms with Gasteiger partial charge in [0.25, 0.3) is 0 Å². The van der Waals surface area contributed by atoms with E-state index in [2.05, 4.69) is 11.8 Å². The summed E-state index contributed by atoms with van der Waals surface area (Å²) in [5.41, 5.74) is 3.31. The quantitative estimate of drug-likeness (QED) is 0.309. The van der Waals surface area contributed by atoms with E-state index in [4.69, 9.17) is 21.1 Å². The van der Waals surface area contributed by atoms with Crippen LogP contribution in [0.2, 0.25) is 5.02 Å². The molecule has 2 unspecified atom stereocenters. The molecular weight excluding hydrogens is 536 g/mol. The van der Waals surface area contributed by atoms with E-state index in [-0.39, 0.29) is 28.3 Å². The Balaban J connectivity index is 1.32. The van der Waals surface area contributed by atoms with Gasteiger partial charge in [-0.15, -0.1) is 0 Å². The monoisotopic (exact) mass is 567 g/mol. The first-order valence-electron chi connectivity index (χ1n) is 13.8. The van der Waals surface area contributed by atoms with Gasteiger partial charge in [-0.05, 0) is 91.6 Å². The fourth-order valence-corrected chi connectivity index (χ4v) is 5.86. The van der Waals surface area contributed by atoms with E-state index in [0.717, 1.165) is 42.6 Å². The van der Waals surface area contributed by atoms with Crippen LogP contribution in [0.1, 0.15) is 55.4 Å². The number of rotatable bonds is 7. The molecule has 1 saturated carbocycles. The number of piperidine rings is 1. The van der Waals surface area contributed by atoms with Gasteiger partial charge in [-0.3, -0.25) is 4.90 Å². The van der Waals surface area contributed by atoms with Crippen LogP contribution >= 0.6 is 11.6 Å². The number of hydrogen-bond acceptors (Lipinski definition) is 5. The van der Waals surface area contributed by atoms with Crippen LogP contribution in [0.15, 0.2) is 54.6 Å². The normalized spacial score (nSPS) is 20.6. The number of ether oxygens (including phenoxy) is 2. The van der Waals surface area contributed by atoms with Crippen molar-refractivity contribution in [2.45, 2.75) is 50.9 Å². The van der Waals surface area contributed by atoms with Crippen LogP contribution in [-0.2, 0) is 0 Å². The molecule has 3 aromatic rings. The minimum absolute atomic E-state index is 0.0728. The molecule has 0 radical (unpaired) electrons. The summed E-state index contributed by atoms with van der Waals surface area (Å²) in [7, 11) is 0. The second-order valence-corrected chi connectivity index (χ2v) is 11.4. The van der Waals surface area contributed by atoms with Crippen LogP contribution in [-0.4, -0.2) is 47.0 Å². The number of hydrogen-bond donors (Lipinski definition) is 2. The first-order chi connectivity index (χ1) is 19.3. The second-order valence-electron chi connectivity index (χ2n) is 11.0. The fourth-order valence-electron chi connectivity index (χ4n) is 5.75. The van der Waals surface area contributed by atoms with Crippen molar-refractivity contribution in [3.63, 3.8) is 0 Å². The van der Waals surface area contributed by atoms with Crippen LogP contribution < -0.4 is 9.47 Å². The van der Waals surface area contributed by atoms with Crippen LogP contribution in [0.25, 0.3) is 11.1 Å². The largest absolute Gasteiger partial charge is 0.506 e. The highest BCUT2D eigenvalue weighted by Gasteiger charge is 2.40. The Morgan fingerprint density at radius 2 is 1.70 bits per heavy atom. The van der Waals surface area contributed by atoms with E-state index in [1.54, 1.807) is 24.3 Å². The third-order valence-electron chi connectivity index (χ3n) is 8.15. The van der Waals surface area contributed by atoms with E-state index < -0.39 is 23.8 Å². The smallest absolute Gasteiger partial charge is 0.176 e. The van der Waals surface area contributed by atoms with E-state index in [0.29, 0.717) is 36.5 Å². The molecular formula is C32H32ClF2NO4. The standard InChI is InChI=1S/C32H32ClF2NO4/c1-18(36-14-12-22(34)13-15-36)17-39-23-7-4-20(5-8-23)32-29(21-6-9-24(33)26(38)16-21)28(19-2-3-19)30-27(40-32)11-10-25(37)31(30)35/h4-11,16,18-19,22,32,37-38H,2-3,12-15,17H2,1H3. The summed E-state index contributed by atoms with van der Waals surface area (Å²) < 4.78 is 41.4. The molecule has 3 aromatic carbocycles. The number of benzene rings is 3. The number of phenolic OH excluding ortho intramolecular Hbond substituents is 2. The van der Waals surface area contributed by atoms with Gasteiger partial charge in [0.05, 0.1) is 10.6 Å². The van der Waals surface area contributed by atoms with Crippen molar-refractivity contribution in [1.82, 2.24) is 4.90 Å². The fraction of sp³-hybridized carbons (Fsp3) is 0.375. The Morgan fingerprint density at radius 1 is 0.975 bits per heavy atom. The molecule has 210 valence electrons. The van der Waals surface area contributed by atoms with Crippen molar-refractivity contribution >= 4 is 22.7 Å². The minimum atomic E-state index is -0.706. The summed E-state index contributed by atoms with van der Waals surface area (Å²) in [6, 6.07) is 15.7. The molecule has 0 aromatic heterocycles. The van der Waals surface area contributed by atoms with Crippen molar-refractivity contribution in [3.05, 3.63) is 82.1 Å². The van der Waals surface area contributed by atoms with Gasteiger partial charge in [0.1, 0.15) is 36.1 Å². The molecule has 0 bridgehead atoms. The Kier molecular flexibility index (Phi) is 7.36. The third-order valence-corrected chi connectivity index (χ3v) is 8.47. The lowest BCUT2D eigenvalue weighted by molar-refractivity contribution is 0.0904. The highest BCUT2D eigenvalue weighted by atomic mass is 35.5. The van der Waals surface area contributed by atoms with E-state index in [9.17, 15) is 14.6 Å². The van der Waals surface area contributed by atoms with Gasteiger partial charge in [0.2, 0.25) is 0 Å². The molecule has 2 atom stereocenters. The van der Waals surface area contributed by atoms with Crippen molar-refractivity contribution in [2.75, 3.05) is 19.7 Å². The lowest BCUT2D eigenvalue weighted by atomic mass is 9.83. The van der Waals surface area contributed by atoms with Crippen LogP contribution in [0, 0.1) is 11.7 Å². The molecule has 0 amide bonds. The predicted molar refractivity (Wildman–Crippen MR) is 151 cm³/mol. The van der Waals surface area contributed by atoms with Crippen molar-refractivity contribution in [2.24, 2.45) is 5.92 Å². The molecule has 40 heavy (non-hydrogen) atoms. The SMILES string of the molecule is CC(COc1ccc(C2Oc3ccc(O)c(F)c3C(C3CC3)=C2c2ccc(Cl)c(O)c2)cc1)N1CCC(F)CC1. The molecule has 6 rings (SSSR count). The number of likely N-dealkylation sites (tertiary alicyclic amines) is 1. The Hall–Kier alpha value is -3.29. The van der Waals surface area contributed by atoms with Gasteiger partial charge >= 0.3 is 0 Å². The summed E-state index contributed by atoms with van der Waals surface area (Å²) in [5.74, 6) is -0.0167. The number of halogens is 3. The lowest BCUT2D eigenvalue weighted by Crippen LogP contribution is -2.43. The molecule has 8 heteroatoms. The predicted octanol–water partition coefficient (Wildman–Crippen LogP) is 7.55. The van der Waals surface area contributed by atoms with Crippen LogP contribution in [0.3, 0.4) is 0 Å². The van der Waals surface area contributed by atoms with Gasteiger partial charge in [-0.25, -0.2) is 8.78 Å². The van der Waals surface area contributed by atoms with E-state index >= 15 is 4.39 Å². The van der Waals surface area contributed by atoms with Crippen molar-refractivity contribution in [3.8, 4) is 23.0 Å². The summed E-state index contributed by atoms with van der Waals surface area (Å²) >= 11 is 6.11. The Morgan fingerprint density at radius 3 is 2.38 bits per heavy atom. The summed E-state index contributed by atoms with van der Waals surface area (Å²) in [6.45, 7) is 4.06. The van der Waals surface area contributed by atoms with Gasteiger partial charge in [0.15, 0.2) is 11.6 Å². The van der Waals surface area contributed by atoms with Crippen LogP contribution in [0.4, 0.5) is 8.78 Å². The molecule has 1 aliphatic carbocycles. The van der Waals surface area contributed by atoms with Gasteiger partial charge < -0.3 is 19.7 Å². The topological polar surface area (TPSA) is 62.2 Å². The van der Waals surface area contributed by atoms with Gasteiger partial charge in [-0.2, -0.15) is 0 Å². The van der Waals surface area contributed by atoms with E-state index in [1.165, 1.54) is 6.07 Å². The molecule has 0 spiro atoms. The van der Waals surface area contributed by atoms with Crippen LogP contribution in [0.5, 0.6) is 23.0 Å². The molecule has 2 N–H and O–H groups in total. The Bertz CT molecular complexity index is 1430. The molecule has 2 fully saturated rings. The molecule has 3 aliphatic rings. The summed E-state index contributed by atoms with van der Waals surface area (Å²) in [6.07, 6.45) is 1.64. The number of fused-ring (bicyclic) bond motifs is 1. The number of allylic oxidation sites excluding steroid dienone is 1. The maximum atomic E-state index is 15.4. The van der Waals surface area contributed by atoms with Gasteiger partial charge in [-0.1, -0.05) is 29.8 Å². The average molecular weight is 568 g/mol. The number of nitrogens with zero attached hydrogens (tertiary/aromatic N) is 1. The first kappa shape index (κ1) is 26.9. The highest BCUT2D eigenvalue weighted by molar-refractivity contribution is 6.32. The first-order valence-corrected chi connectivity index (χ1v) is 14.2. The lowest BCUT2D eigenvalue weighted by Gasteiger charge is -2.33. The van der Waals surface area contributed by atoms with Gasteiger partial charge in [0, 0.05) is 24.7 Å². The molecule has 5 nitrogen and oxygen atoms in total. The average Bonchev–Trinajstić information content (AvgIpc) is 3.80. The third kappa shape index (κ3) is 5.25.